The molecule has 1 heterocycles. The number of nitrogens with zero attached hydrogens (tertiary/aromatic N) is 1. The lowest BCUT2D eigenvalue weighted by molar-refractivity contribution is -0.116. The van der Waals surface area contributed by atoms with Gasteiger partial charge in [-0.25, -0.2) is 8.42 Å². The van der Waals surface area contributed by atoms with Crippen LogP contribution in [0.25, 0.3) is 0 Å². The summed E-state index contributed by atoms with van der Waals surface area (Å²) in [7, 11) is -2.26. The zero-order chi connectivity index (χ0) is 17.4. The number of amides is 1. The van der Waals surface area contributed by atoms with Gasteiger partial charge in [0.05, 0.1) is 4.47 Å². The van der Waals surface area contributed by atoms with Gasteiger partial charge in [0, 0.05) is 25.3 Å². The molecule has 0 spiro atoms. The van der Waals surface area contributed by atoms with Gasteiger partial charge in [0.15, 0.2) is 0 Å². The van der Waals surface area contributed by atoms with E-state index in [1.807, 2.05) is 0 Å². The molecular weight excluding hydrogens is 447 g/mol. The van der Waals surface area contributed by atoms with E-state index in [2.05, 4.69) is 20.7 Å². The standard InChI is InChI=1S/C13H11BrCl2N2O3S2/c1-7(19)18(2)9-5-3-8(4-6-9)17-23(20,21)11-10(14)12(15)22-13(11)16/h3-6,17H,1-2H3. The quantitative estimate of drug-likeness (QED) is 0.729. The van der Waals surface area contributed by atoms with E-state index in [0.717, 1.165) is 11.3 Å². The molecule has 0 aliphatic heterocycles. The fourth-order valence-electron chi connectivity index (χ4n) is 1.71. The number of carbonyl (C=O) groups excluding carboxylic acids is 1. The van der Waals surface area contributed by atoms with Crippen LogP contribution in [0.3, 0.4) is 0 Å². The van der Waals surface area contributed by atoms with Gasteiger partial charge >= 0.3 is 0 Å². The molecule has 0 unspecified atom stereocenters. The molecule has 0 fully saturated rings. The molecule has 0 radical (unpaired) electrons. The topological polar surface area (TPSA) is 66.5 Å². The van der Waals surface area contributed by atoms with Crippen molar-refractivity contribution in [3.8, 4) is 0 Å². The van der Waals surface area contributed by atoms with Gasteiger partial charge in [-0.1, -0.05) is 23.2 Å². The number of sulfonamides is 1. The van der Waals surface area contributed by atoms with Gasteiger partial charge < -0.3 is 4.90 Å². The first-order valence-electron chi connectivity index (χ1n) is 6.14. The Morgan fingerprint density at radius 2 is 1.78 bits per heavy atom. The van der Waals surface area contributed by atoms with Crippen LogP contribution in [0.15, 0.2) is 33.6 Å². The third-order valence-corrected chi connectivity index (χ3v) is 7.82. The van der Waals surface area contributed by atoms with Crippen molar-refractivity contribution in [2.45, 2.75) is 11.8 Å². The van der Waals surface area contributed by atoms with E-state index >= 15 is 0 Å². The molecule has 1 amide bonds. The molecule has 0 saturated carbocycles. The second kappa shape index (κ2) is 6.98. The van der Waals surface area contributed by atoms with Gasteiger partial charge in [-0.2, -0.15) is 0 Å². The van der Waals surface area contributed by atoms with Gasteiger partial charge in [0.25, 0.3) is 10.0 Å². The van der Waals surface area contributed by atoms with Gasteiger partial charge in [-0.05, 0) is 40.2 Å². The van der Waals surface area contributed by atoms with Crippen molar-refractivity contribution in [3.05, 3.63) is 37.4 Å². The number of thiophene rings is 1. The lowest BCUT2D eigenvalue weighted by atomic mass is 10.2. The minimum atomic E-state index is -3.89. The molecule has 1 N–H and O–H groups in total. The maximum atomic E-state index is 12.4. The predicted octanol–water partition coefficient (Wildman–Crippen LogP) is 4.60. The summed E-state index contributed by atoms with van der Waals surface area (Å²) in [6.45, 7) is 1.44. The molecule has 1 aromatic carbocycles. The van der Waals surface area contributed by atoms with Crippen LogP contribution in [0, 0.1) is 0 Å². The minimum absolute atomic E-state index is 0.0716. The summed E-state index contributed by atoms with van der Waals surface area (Å²) in [5, 5.41) is 0. The first kappa shape index (κ1) is 18.5. The largest absolute Gasteiger partial charge is 0.316 e. The van der Waals surface area contributed by atoms with E-state index in [1.165, 1.54) is 11.8 Å². The summed E-state index contributed by atoms with van der Waals surface area (Å²) in [6, 6.07) is 6.39. The summed E-state index contributed by atoms with van der Waals surface area (Å²) in [6.07, 6.45) is 0. The molecule has 0 aliphatic rings. The maximum absolute atomic E-state index is 12.4. The van der Waals surface area contributed by atoms with Gasteiger partial charge in [0.1, 0.15) is 13.6 Å². The van der Waals surface area contributed by atoms with Crippen molar-refractivity contribution in [2.24, 2.45) is 0 Å². The summed E-state index contributed by atoms with van der Waals surface area (Å²) in [5.41, 5.74) is 0.995. The lowest BCUT2D eigenvalue weighted by Gasteiger charge is -2.15. The highest BCUT2D eigenvalue weighted by Crippen LogP contribution is 2.43. The Bertz CT molecular complexity index is 851. The lowest BCUT2D eigenvalue weighted by Crippen LogP contribution is -2.22. The van der Waals surface area contributed by atoms with Crippen molar-refractivity contribution in [2.75, 3.05) is 16.7 Å². The average molecular weight is 458 g/mol. The van der Waals surface area contributed by atoms with Crippen molar-refractivity contribution in [1.29, 1.82) is 0 Å². The summed E-state index contributed by atoms with van der Waals surface area (Å²) < 4.78 is 27.9. The highest BCUT2D eigenvalue weighted by atomic mass is 79.9. The van der Waals surface area contributed by atoms with E-state index in [1.54, 1.807) is 31.3 Å². The molecule has 0 saturated heterocycles. The maximum Gasteiger partial charge on any atom is 0.265 e. The van der Waals surface area contributed by atoms with Crippen LogP contribution in [-0.4, -0.2) is 21.4 Å². The van der Waals surface area contributed by atoms with Crippen LogP contribution >= 0.6 is 50.5 Å². The monoisotopic (exact) mass is 456 g/mol. The Hall–Kier alpha value is -0.800. The average Bonchev–Trinajstić information content (AvgIpc) is 2.72. The number of hydrogen-bond donors (Lipinski definition) is 1. The highest BCUT2D eigenvalue weighted by molar-refractivity contribution is 9.10. The third-order valence-electron chi connectivity index (χ3n) is 2.98. The molecule has 1 aromatic heterocycles. The van der Waals surface area contributed by atoms with E-state index in [0.29, 0.717) is 11.4 Å². The van der Waals surface area contributed by atoms with E-state index in [4.69, 9.17) is 23.2 Å². The zero-order valence-corrected chi connectivity index (χ0v) is 16.7. The third kappa shape index (κ3) is 4.00. The number of halogens is 3. The number of anilines is 2. The van der Waals surface area contributed by atoms with Crippen molar-refractivity contribution < 1.29 is 13.2 Å². The van der Waals surface area contributed by atoms with Crippen molar-refractivity contribution in [3.63, 3.8) is 0 Å². The first-order valence-corrected chi connectivity index (χ1v) is 9.99. The molecule has 124 valence electrons. The summed E-state index contributed by atoms with van der Waals surface area (Å²) in [4.78, 5) is 12.7. The van der Waals surface area contributed by atoms with Crippen LogP contribution < -0.4 is 9.62 Å². The van der Waals surface area contributed by atoms with Gasteiger partial charge in [-0.3, -0.25) is 9.52 Å². The fraction of sp³-hybridized carbons (Fsp3) is 0.154. The van der Waals surface area contributed by atoms with E-state index in [9.17, 15) is 13.2 Å². The van der Waals surface area contributed by atoms with E-state index in [-0.39, 0.29) is 23.9 Å². The molecule has 2 aromatic rings. The first-order chi connectivity index (χ1) is 10.6. The van der Waals surface area contributed by atoms with Crippen molar-refractivity contribution in [1.82, 2.24) is 0 Å². The number of carbonyl (C=O) groups is 1. The molecular formula is C13H11BrCl2N2O3S2. The van der Waals surface area contributed by atoms with Crippen LogP contribution in [-0.2, 0) is 14.8 Å². The van der Waals surface area contributed by atoms with Gasteiger partial charge in [-0.15, -0.1) is 11.3 Å². The molecule has 2 rings (SSSR count). The molecule has 10 heteroatoms. The second-order valence-corrected chi connectivity index (χ2v) is 9.16. The smallest absolute Gasteiger partial charge is 0.265 e. The summed E-state index contributed by atoms with van der Waals surface area (Å²) in [5.74, 6) is -0.123. The Morgan fingerprint density at radius 1 is 1.22 bits per heavy atom. The molecule has 23 heavy (non-hydrogen) atoms. The zero-order valence-electron chi connectivity index (χ0n) is 11.9. The van der Waals surface area contributed by atoms with Gasteiger partial charge in [0.2, 0.25) is 5.91 Å². The number of hydrogen-bond acceptors (Lipinski definition) is 4. The SMILES string of the molecule is CC(=O)N(C)c1ccc(NS(=O)(=O)c2c(Cl)sc(Cl)c2Br)cc1. The Kier molecular flexibility index (Phi) is 5.63. The van der Waals surface area contributed by atoms with Crippen LogP contribution in [0.1, 0.15) is 6.92 Å². The summed E-state index contributed by atoms with van der Waals surface area (Å²) >= 11 is 15.9. The Morgan fingerprint density at radius 3 is 2.22 bits per heavy atom. The van der Waals surface area contributed by atoms with Crippen LogP contribution in [0.2, 0.25) is 8.67 Å². The Labute approximate surface area is 156 Å². The molecule has 5 nitrogen and oxygen atoms in total. The van der Waals surface area contributed by atoms with E-state index < -0.39 is 10.0 Å². The normalized spacial score (nSPS) is 11.3. The predicted molar refractivity (Wildman–Crippen MR) is 98.4 cm³/mol. The second-order valence-electron chi connectivity index (χ2n) is 4.52. The molecule has 0 bridgehead atoms. The number of nitrogens with one attached hydrogen (secondary N) is 1. The van der Waals surface area contributed by atoms with Crippen LogP contribution in [0.4, 0.5) is 11.4 Å². The highest BCUT2D eigenvalue weighted by Gasteiger charge is 2.26. The number of benzene rings is 1. The number of rotatable bonds is 4. The molecule has 0 aliphatic carbocycles. The van der Waals surface area contributed by atoms with Crippen molar-refractivity contribution >= 4 is 77.8 Å². The molecule has 0 atom stereocenters. The fourth-order valence-corrected chi connectivity index (χ4v) is 6.33. The minimum Gasteiger partial charge on any atom is -0.316 e. The van der Waals surface area contributed by atoms with Crippen LogP contribution in [0.5, 0.6) is 0 Å². The Balaban J connectivity index is 2.29.